The van der Waals surface area contributed by atoms with Crippen molar-refractivity contribution in [3.63, 3.8) is 0 Å². The standard InChI is InChI=1S/C14H24N4O3/c1-11(12-5-3-2-4-6-12)15-8-14(19)10-17-9-13(7-16-17)18(20)21/h7,9,11-12,14-15,19H,2-6,8,10H2,1H3/t11-,14?/m0/s1. The quantitative estimate of drug-likeness (QED) is 0.590. The highest BCUT2D eigenvalue weighted by molar-refractivity contribution is 5.20. The van der Waals surface area contributed by atoms with E-state index in [4.69, 9.17) is 0 Å². The second-order valence-corrected chi connectivity index (χ2v) is 5.93. The molecule has 2 N–H and O–H groups in total. The van der Waals surface area contributed by atoms with E-state index in [1.807, 2.05) is 0 Å². The molecular formula is C14H24N4O3. The molecule has 2 rings (SSSR count). The van der Waals surface area contributed by atoms with Gasteiger partial charge < -0.3 is 10.4 Å². The molecule has 21 heavy (non-hydrogen) atoms. The number of hydrogen-bond acceptors (Lipinski definition) is 5. The Kier molecular flexibility index (Phi) is 5.69. The summed E-state index contributed by atoms with van der Waals surface area (Å²) in [5, 5.41) is 27.8. The van der Waals surface area contributed by atoms with Gasteiger partial charge in [-0.15, -0.1) is 0 Å². The van der Waals surface area contributed by atoms with Crippen LogP contribution in [0.3, 0.4) is 0 Å². The molecule has 0 radical (unpaired) electrons. The van der Waals surface area contributed by atoms with E-state index in [9.17, 15) is 15.2 Å². The molecule has 0 spiro atoms. The minimum Gasteiger partial charge on any atom is -0.390 e. The molecule has 1 saturated carbocycles. The maximum atomic E-state index is 10.6. The fourth-order valence-corrected chi connectivity index (χ4v) is 2.95. The predicted octanol–water partition coefficient (Wildman–Crippen LogP) is 1.71. The van der Waals surface area contributed by atoms with Gasteiger partial charge in [-0.3, -0.25) is 14.8 Å². The monoisotopic (exact) mass is 296 g/mol. The van der Waals surface area contributed by atoms with Crippen LogP contribution in [0.25, 0.3) is 0 Å². The summed E-state index contributed by atoms with van der Waals surface area (Å²) >= 11 is 0. The summed E-state index contributed by atoms with van der Waals surface area (Å²) in [7, 11) is 0. The molecule has 1 heterocycles. The van der Waals surface area contributed by atoms with Gasteiger partial charge >= 0.3 is 5.69 Å². The van der Waals surface area contributed by atoms with Gasteiger partial charge in [0.05, 0.1) is 17.6 Å². The Labute approximate surface area is 124 Å². The molecule has 1 aliphatic carbocycles. The molecule has 0 amide bonds. The Morgan fingerprint density at radius 3 is 2.86 bits per heavy atom. The fraction of sp³-hybridized carbons (Fsp3) is 0.786. The normalized spacial score (nSPS) is 19.3. The van der Waals surface area contributed by atoms with E-state index in [0.717, 1.165) is 0 Å². The molecule has 0 bridgehead atoms. The van der Waals surface area contributed by atoms with Crippen LogP contribution in [0.2, 0.25) is 0 Å². The van der Waals surface area contributed by atoms with Crippen LogP contribution in [-0.2, 0) is 6.54 Å². The molecule has 2 atom stereocenters. The van der Waals surface area contributed by atoms with Crippen molar-refractivity contribution in [1.29, 1.82) is 0 Å². The molecule has 1 aromatic heterocycles. The van der Waals surface area contributed by atoms with Gasteiger partial charge in [0, 0.05) is 12.6 Å². The second-order valence-electron chi connectivity index (χ2n) is 5.93. The number of aliphatic hydroxyl groups excluding tert-OH is 1. The third-order valence-electron chi connectivity index (χ3n) is 4.26. The summed E-state index contributed by atoms with van der Waals surface area (Å²) in [4.78, 5) is 10.1. The van der Waals surface area contributed by atoms with Crippen LogP contribution in [0.1, 0.15) is 39.0 Å². The van der Waals surface area contributed by atoms with Crippen LogP contribution in [-0.4, -0.2) is 38.5 Å². The fourth-order valence-electron chi connectivity index (χ4n) is 2.95. The number of nitro groups is 1. The molecule has 1 fully saturated rings. The smallest absolute Gasteiger partial charge is 0.306 e. The largest absolute Gasteiger partial charge is 0.390 e. The zero-order chi connectivity index (χ0) is 15.2. The highest BCUT2D eigenvalue weighted by atomic mass is 16.6. The lowest BCUT2D eigenvalue weighted by Crippen LogP contribution is -2.40. The predicted molar refractivity (Wildman–Crippen MR) is 78.9 cm³/mol. The first-order valence-corrected chi connectivity index (χ1v) is 7.64. The minimum absolute atomic E-state index is 0.0502. The zero-order valence-electron chi connectivity index (χ0n) is 12.4. The van der Waals surface area contributed by atoms with E-state index in [-0.39, 0.29) is 12.2 Å². The molecular weight excluding hydrogens is 272 g/mol. The topological polar surface area (TPSA) is 93.2 Å². The van der Waals surface area contributed by atoms with Gasteiger partial charge in [-0.25, -0.2) is 0 Å². The number of rotatable bonds is 7. The van der Waals surface area contributed by atoms with Crippen molar-refractivity contribution >= 4 is 5.69 Å². The summed E-state index contributed by atoms with van der Waals surface area (Å²) in [6.45, 7) is 2.91. The van der Waals surface area contributed by atoms with Gasteiger partial charge in [0.1, 0.15) is 12.4 Å². The molecule has 1 aromatic rings. The van der Waals surface area contributed by atoms with Gasteiger partial charge in [-0.05, 0) is 25.7 Å². The van der Waals surface area contributed by atoms with E-state index in [0.29, 0.717) is 18.5 Å². The zero-order valence-corrected chi connectivity index (χ0v) is 12.4. The number of hydrogen-bond donors (Lipinski definition) is 2. The molecule has 1 aliphatic rings. The first-order valence-electron chi connectivity index (χ1n) is 7.64. The van der Waals surface area contributed by atoms with Gasteiger partial charge in [0.25, 0.3) is 0 Å². The SMILES string of the molecule is C[C@H](NCC(O)Cn1cc([N+](=O)[O-])cn1)C1CCCCC1. The van der Waals surface area contributed by atoms with Crippen molar-refractivity contribution in [1.82, 2.24) is 15.1 Å². The molecule has 0 aromatic carbocycles. The van der Waals surface area contributed by atoms with Crippen LogP contribution in [0.5, 0.6) is 0 Å². The Hall–Kier alpha value is -1.47. The van der Waals surface area contributed by atoms with E-state index in [1.54, 1.807) is 0 Å². The van der Waals surface area contributed by atoms with Crippen molar-refractivity contribution < 1.29 is 10.0 Å². The summed E-state index contributed by atoms with van der Waals surface area (Å²) in [5.41, 5.74) is -0.0502. The summed E-state index contributed by atoms with van der Waals surface area (Å²) in [6, 6.07) is 0.395. The molecule has 118 valence electrons. The molecule has 0 saturated heterocycles. The van der Waals surface area contributed by atoms with Crippen LogP contribution >= 0.6 is 0 Å². The average molecular weight is 296 g/mol. The van der Waals surface area contributed by atoms with Gasteiger partial charge in [0.15, 0.2) is 0 Å². The molecule has 0 aliphatic heterocycles. The third kappa shape index (κ3) is 4.78. The van der Waals surface area contributed by atoms with E-state index >= 15 is 0 Å². The lowest BCUT2D eigenvalue weighted by molar-refractivity contribution is -0.385. The van der Waals surface area contributed by atoms with Crippen molar-refractivity contribution in [2.45, 2.75) is 57.7 Å². The third-order valence-corrected chi connectivity index (χ3v) is 4.26. The van der Waals surface area contributed by atoms with Crippen molar-refractivity contribution in [3.8, 4) is 0 Å². The average Bonchev–Trinajstić information content (AvgIpc) is 2.94. The first kappa shape index (κ1) is 15.9. The summed E-state index contributed by atoms with van der Waals surface area (Å²) < 4.78 is 1.41. The van der Waals surface area contributed by atoms with Crippen LogP contribution < -0.4 is 5.32 Å². The highest BCUT2D eigenvalue weighted by Gasteiger charge is 2.20. The molecule has 1 unspecified atom stereocenters. The molecule has 7 nitrogen and oxygen atoms in total. The minimum atomic E-state index is -0.601. The van der Waals surface area contributed by atoms with Crippen LogP contribution in [0, 0.1) is 16.0 Å². The Morgan fingerprint density at radius 2 is 2.24 bits per heavy atom. The van der Waals surface area contributed by atoms with Gasteiger partial charge in [-0.1, -0.05) is 19.3 Å². The Morgan fingerprint density at radius 1 is 1.52 bits per heavy atom. The van der Waals surface area contributed by atoms with Crippen LogP contribution in [0.15, 0.2) is 12.4 Å². The summed E-state index contributed by atoms with van der Waals surface area (Å²) in [5.74, 6) is 0.691. The number of aromatic nitrogens is 2. The number of nitrogens with zero attached hydrogens (tertiary/aromatic N) is 3. The number of nitrogens with one attached hydrogen (secondary N) is 1. The highest BCUT2D eigenvalue weighted by Crippen LogP contribution is 2.26. The maximum absolute atomic E-state index is 10.6. The summed E-state index contributed by atoms with van der Waals surface area (Å²) in [6.07, 6.45) is 8.40. The van der Waals surface area contributed by atoms with E-state index in [2.05, 4.69) is 17.3 Å². The van der Waals surface area contributed by atoms with E-state index < -0.39 is 11.0 Å². The number of aliphatic hydroxyl groups is 1. The maximum Gasteiger partial charge on any atom is 0.306 e. The Balaban J connectivity index is 1.73. The van der Waals surface area contributed by atoms with Crippen molar-refractivity contribution in [2.75, 3.05) is 6.54 Å². The van der Waals surface area contributed by atoms with Crippen LogP contribution in [0.4, 0.5) is 5.69 Å². The lowest BCUT2D eigenvalue weighted by atomic mass is 9.84. The van der Waals surface area contributed by atoms with Gasteiger partial charge in [-0.2, -0.15) is 5.10 Å². The van der Waals surface area contributed by atoms with Gasteiger partial charge in [0.2, 0.25) is 0 Å². The van der Waals surface area contributed by atoms with Crippen molar-refractivity contribution in [2.24, 2.45) is 5.92 Å². The first-order chi connectivity index (χ1) is 10.1. The van der Waals surface area contributed by atoms with Crippen molar-refractivity contribution in [3.05, 3.63) is 22.5 Å². The molecule has 7 heteroatoms. The van der Waals surface area contributed by atoms with E-state index in [1.165, 1.54) is 49.2 Å². The lowest BCUT2D eigenvalue weighted by Gasteiger charge is -2.29. The second kappa shape index (κ2) is 7.51. The Bertz CT molecular complexity index is 457.